The van der Waals surface area contributed by atoms with E-state index in [0.717, 1.165) is 51.7 Å². The van der Waals surface area contributed by atoms with Gasteiger partial charge in [0.1, 0.15) is 0 Å². The Hall–Kier alpha value is -1.01. The Balaban J connectivity index is 2.21. The van der Waals surface area contributed by atoms with Crippen LogP contribution in [0.3, 0.4) is 0 Å². The van der Waals surface area contributed by atoms with Crippen LogP contribution in [-0.2, 0) is 4.79 Å². The summed E-state index contributed by atoms with van der Waals surface area (Å²) in [6, 6.07) is 0. The molecule has 0 aromatic carbocycles. The van der Waals surface area contributed by atoms with E-state index in [1.807, 2.05) is 6.92 Å². The molecule has 1 saturated heterocycles. The monoisotopic (exact) mass is 222 g/mol. The lowest BCUT2D eigenvalue weighted by Crippen LogP contribution is -2.48. The molecule has 1 aliphatic heterocycles. The first-order chi connectivity index (χ1) is 7.69. The maximum absolute atomic E-state index is 12.0. The molecule has 0 spiro atoms. The van der Waals surface area contributed by atoms with Crippen LogP contribution in [0.5, 0.6) is 0 Å². The van der Waals surface area contributed by atoms with Gasteiger partial charge in [-0.05, 0) is 39.2 Å². The van der Waals surface area contributed by atoms with Crippen molar-refractivity contribution in [1.29, 1.82) is 0 Å². The molecule has 1 rings (SSSR count). The van der Waals surface area contributed by atoms with E-state index >= 15 is 0 Å². The zero-order chi connectivity index (χ0) is 11.9. The summed E-state index contributed by atoms with van der Waals surface area (Å²) in [5.74, 6) is 2.78. The predicted octanol–water partition coefficient (Wildman–Crippen LogP) is 1.30. The van der Waals surface area contributed by atoms with Crippen LogP contribution in [0, 0.1) is 17.8 Å². The average molecular weight is 222 g/mol. The number of piperidine rings is 1. The zero-order valence-corrected chi connectivity index (χ0v) is 10.1. The summed E-state index contributed by atoms with van der Waals surface area (Å²) in [5, 5.41) is 6.28. The first kappa shape index (κ1) is 13.1. The van der Waals surface area contributed by atoms with Crippen molar-refractivity contribution < 1.29 is 4.79 Å². The van der Waals surface area contributed by atoms with Gasteiger partial charge in [-0.1, -0.05) is 0 Å². The molecule has 1 fully saturated rings. The Kier molecular flexibility index (Phi) is 5.34. The van der Waals surface area contributed by atoms with E-state index in [2.05, 4.69) is 16.6 Å². The van der Waals surface area contributed by atoms with Gasteiger partial charge in [0, 0.05) is 19.5 Å². The second-order valence-corrected chi connectivity index (χ2v) is 4.76. The molecule has 1 atom stereocenters. The second kappa shape index (κ2) is 6.55. The first-order valence-corrected chi connectivity index (χ1v) is 6.11. The van der Waals surface area contributed by atoms with Crippen LogP contribution in [0.1, 0.15) is 39.0 Å². The number of carbonyl (C=O) groups is 1. The quantitative estimate of drug-likeness (QED) is 0.544. The SMILES string of the molecule is C#CCCCCNC(=O)C1(C)CCCNC1. The number of hydrogen-bond donors (Lipinski definition) is 2. The zero-order valence-electron chi connectivity index (χ0n) is 10.1. The molecule has 3 nitrogen and oxygen atoms in total. The molecular formula is C13H22N2O. The highest BCUT2D eigenvalue weighted by molar-refractivity contribution is 5.82. The van der Waals surface area contributed by atoms with Gasteiger partial charge in [0.05, 0.1) is 5.41 Å². The number of hydrogen-bond acceptors (Lipinski definition) is 2. The molecule has 0 saturated carbocycles. The molecule has 1 amide bonds. The Morgan fingerprint density at radius 1 is 1.56 bits per heavy atom. The largest absolute Gasteiger partial charge is 0.356 e. The fourth-order valence-electron chi connectivity index (χ4n) is 2.02. The van der Waals surface area contributed by atoms with Crippen molar-refractivity contribution in [3.63, 3.8) is 0 Å². The van der Waals surface area contributed by atoms with Crippen LogP contribution in [0.25, 0.3) is 0 Å². The van der Waals surface area contributed by atoms with Gasteiger partial charge in [-0.25, -0.2) is 0 Å². The standard InChI is InChI=1S/C13H22N2O/c1-3-4-5-6-10-15-12(16)13(2)8-7-9-14-11-13/h1,14H,4-11H2,2H3,(H,15,16). The van der Waals surface area contributed by atoms with Crippen LogP contribution < -0.4 is 10.6 Å². The summed E-state index contributed by atoms with van der Waals surface area (Å²) in [4.78, 5) is 12.0. The van der Waals surface area contributed by atoms with Crippen LogP contribution in [0.15, 0.2) is 0 Å². The number of unbranched alkanes of at least 4 members (excludes halogenated alkanes) is 2. The van der Waals surface area contributed by atoms with E-state index in [1.54, 1.807) is 0 Å². The molecule has 90 valence electrons. The summed E-state index contributed by atoms with van der Waals surface area (Å²) >= 11 is 0. The molecule has 1 heterocycles. The number of terminal acetylenes is 1. The highest BCUT2D eigenvalue weighted by Gasteiger charge is 2.33. The minimum absolute atomic E-state index is 0.181. The van der Waals surface area contributed by atoms with Crippen molar-refractivity contribution in [1.82, 2.24) is 10.6 Å². The Labute approximate surface area is 98.4 Å². The molecular weight excluding hydrogens is 200 g/mol. The van der Waals surface area contributed by atoms with E-state index in [-0.39, 0.29) is 11.3 Å². The Morgan fingerprint density at radius 3 is 3.00 bits per heavy atom. The van der Waals surface area contributed by atoms with Gasteiger partial charge in [0.25, 0.3) is 0 Å². The van der Waals surface area contributed by atoms with Crippen molar-refractivity contribution in [3.05, 3.63) is 0 Å². The van der Waals surface area contributed by atoms with Crippen molar-refractivity contribution in [3.8, 4) is 12.3 Å². The second-order valence-electron chi connectivity index (χ2n) is 4.76. The highest BCUT2D eigenvalue weighted by Crippen LogP contribution is 2.25. The number of rotatable bonds is 5. The minimum atomic E-state index is -0.218. The number of amides is 1. The summed E-state index contributed by atoms with van der Waals surface area (Å²) in [5.41, 5.74) is -0.218. The third kappa shape index (κ3) is 3.86. The molecule has 0 radical (unpaired) electrons. The van der Waals surface area contributed by atoms with Gasteiger partial charge in [0.2, 0.25) is 5.91 Å². The van der Waals surface area contributed by atoms with Gasteiger partial charge < -0.3 is 10.6 Å². The lowest BCUT2D eigenvalue weighted by Gasteiger charge is -2.32. The van der Waals surface area contributed by atoms with Gasteiger partial charge in [0.15, 0.2) is 0 Å². The lowest BCUT2D eigenvalue weighted by molar-refractivity contribution is -0.131. The van der Waals surface area contributed by atoms with E-state index in [9.17, 15) is 4.79 Å². The topological polar surface area (TPSA) is 41.1 Å². The van der Waals surface area contributed by atoms with E-state index in [0.29, 0.717) is 0 Å². The summed E-state index contributed by atoms with van der Waals surface area (Å²) in [6.07, 6.45) is 9.99. The smallest absolute Gasteiger partial charge is 0.227 e. The lowest BCUT2D eigenvalue weighted by atomic mass is 9.82. The van der Waals surface area contributed by atoms with Crippen molar-refractivity contribution in [2.75, 3.05) is 19.6 Å². The van der Waals surface area contributed by atoms with Gasteiger partial charge in [-0.2, -0.15) is 0 Å². The first-order valence-electron chi connectivity index (χ1n) is 6.11. The third-order valence-electron chi connectivity index (χ3n) is 3.18. The van der Waals surface area contributed by atoms with Crippen molar-refractivity contribution >= 4 is 5.91 Å². The van der Waals surface area contributed by atoms with Crippen LogP contribution in [-0.4, -0.2) is 25.5 Å². The minimum Gasteiger partial charge on any atom is -0.356 e. The van der Waals surface area contributed by atoms with Gasteiger partial charge in [-0.15, -0.1) is 12.3 Å². The van der Waals surface area contributed by atoms with Gasteiger partial charge >= 0.3 is 0 Å². The molecule has 0 aliphatic carbocycles. The number of carbonyl (C=O) groups excluding carboxylic acids is 1. The Morgan fingerprint density at radius 2 is 2.38 bits per heavy atom. The third-order valence-corrected chi connectivity index (χ3v) is 3.18. The highest BCUT2D eigenvalue weighted by atomic mass is 16.2. The molecule has 16 heavy (non-hydrogen) atoms. The molecule has 2 N–H and O–H groups in total. The van der Waals surface area contributed by atoms with E-state index in [1.165, 1.54) is 0 Å². The van der Waals surface area contributed by atoms with Crippen LogP contribution >= 0.6 is 0 Å². The van der Waals surface area contributed by atoms with E-state index < -0.39 is 0 Å². The van der Waals surface area contributed by atoms with Crippen molar-refractivity contribution in [2.45, 2.75) is 39.0 Å². The summed E-state index contributed by atoms with van der Waals surface area (Å²) < 4.78 is 0. The average Bonchev–Trinajstić information content (AvgIpc) is 2.29. The molecule has 3 heteroatoms. The molecule has 1 unspecified atom stereocenters. The maximum Gasteiger partial charge on any atom is 0.227 e. The molecule has 0 bridgehead atoms. The molecule has 1 aliphatic rings. The van der Waals surface area contributed by atoms with Crippen molar-refractivity contribution in [2.24, 2.45) is 5.41 Å². The molecule has 0 aromatic rings. The summed E-state index contributed by atoms with van der Waals surface area (Å²) in [6.45, 7) is 4.61. The van der Waals surface area contributed by atoms with Crippen LogP contribution in [0.2, 0.25) is 0 Å². The normalized spacial score (nSPS) is 24.8. The number of nitrogens with one attached hydrogen (secondary N) is 2. The molecule has 0 aromatic heterocycles. The summed E-state index contributed by atoms with van der Waals surface area (Å²) in [7, 11) is 0. The van der Waals surface area contributed by atoms with Gasteiger partial charge in [-0.3, -0.25) is 4.79 Å². The fourth-order valence-corrected chi connectivity index (χ4v) is 2.02. The predicted molar refractivity (Wildman–Crippen MR) is 65.9 cm³/mol. The maximum atomic E-state index is 12.0. The van der Waals surface area contributed by atoms with E-state index in [4.69, 9.17) is 6.42 Å². The van der Waals surface area contributed by atoms with Crippen LogP contribution in [0.4, 0.5) is 0 Å². The Bertz CT molecular complexity index is 262. The fraction of sp³-hybridized carbons (Fsp3) is 0.769.